The fraction of sp³-hybridized carbons (Fsp3) is 0.400. The van der Waals surface area contributed by atoms with Gasteiger partial charge >= 0.3 is 0 Å². The van der Waals surface area contributed by atoms with E-state index >= 15 is 0 Å². The summed E-state index contributed by atoms with van der Waals surface area (Å²) in [6, 6.07) is 7.21. The van der Waals surface area contributed by atoms with Crippen molar-refractivity contribution in [3.8, 4) is 5.75 Å². The van der Waals surface area contributed by atoms with E-state index in [0.29, 0.717) is 5.75 Å². The van der Waals surface area contributed by atoms with Gasteiger partial charge in [-0.2, -0.15) is 0 Å². The number of ether oxygens (including phenoxy) is 1. The highest BCUT2D eigenvalue weighted by molar-refractivity contribution is 7.93. The monoisotopic (exact) mass is 213 g/mol. The summed E-state index contributed by atoms with van der Waals surface area (Å²) in [5, 5.41) is 0. The van der Waals surface area contributed by atoms with Gasteiger partial charge in [0.15, 0.2) is 0 Å². The molecular formula is C10H15NO2S. The van der Waals surface area contributed by atoms with Crippen molar-refractivity contribution in [3.05, 3.63) is 24.3 Å². The molecule has 14 heavy (non-hydrogen) atoms. The third-order valence-electron chi connectivity index (χ3n) is 2.11. The molecule has 1 unspecified atom stereocenters. The fourth-order valence-corrected chi connectivity index (χ4v) is 2.55. The Kier molecular flexibility index (Phi) is 3.52. The molecule has 1 atom stereocenters. The third-order valence-corrected chi connectivity index (χ3v) is 4.50. The molecular weight excluding hydrogens is 198 g/mol. The molecule has 0 saturated heterocycles. The minimum Gasteiger partial charge on any atom is -0.497 e. The first-order chi connectivity index (χ1) is 6.66. The third kappa shape index (κ3) is 2.07. The van der Waals surface area contributed by atoms with Crippen LogP contribution in [0, 0.1) is 0 Å². The predicted octanol–water partition coefficient (Wildman–Crippen LogP) is 2.17. The number of hydrogen-bond donors (Lipinski definition) is 0. The lowest BCUT2D eigenvalue weighted by Crippen LogP contribution is -2.03. The van der Waals surface area contributed by atoms with Crippen LogP contribution < -0.4 is 4.74 Å². The van der Waals surface area contributed by atoms with Crippen molar-refractivity contribution in [1.29, 1.82) is 0 Å². The molecule has 0 radical (unpaired) electrons. The van der Waals surface area contributed by atoms with Crippen molar-refractivity contribution < 1.29 is 8.95 Å². The second-order valence-corrected chi connectivity index (χ2v) is 5.48. The van der Waals surface area contributed by atoms with Gasteiger partial charge in [-0.3, -0.25) is 0 Å². The smallest absolute Gasteiger partial charge is 0.118 e. The van der Waals surface area contributed by atoms with Gasteiger partial charge in [-0.05, 0) is 24.3 Å². The van der Waals surface area contributed by atoms with Crippen LogP contribution in [0.3, 0.4) is 0 Å². The normalized spacial score (nSPS) is 14.5. The van der Waals surface area contributed by atoms with Crippen LogP contribution in [0.4, 0.5) is 0 Å². The molecule has 0 amide bonds. The number of rotatable bonds is 3. The molecule has 0 saturated carbocycles. The number of hydrogen-bond acceptors (Lipinski definition) is 3. The molecule has 0 fully saturated rings. The summed E-state index contributed by atoms with van der Waals surface area (Å²) in [5.74, 6) is 1.30. The molecule has 0 aliphatic rings. The zero-order chi connectivity index (χ0) is 10.6. The van der Waals surface area contributed by atoms with E-state index in [9.17, 15) is 4.21 Å². The first-order valence-corrected chi connectivity index (χ1v) is 6.11. The standard InChI is InChI=1S/C10H15NO2S/c1-4-14(12,11-2)10-7-5-9(13-3)6-8-10/h5-8H,4H2,1-3H3. The Morgan fingerprint density at radius 3 is 2.29 bits per heavy atom. The Bertz CT molecular complexity index is 403. The van der Waals surface area contributed by atoms with Gasteiger partial charge in [0.1, 0.15) is 5.75 Å². The van der Waals surface area contributed by atoms with Crippen LogP contribution in [0.5, 0.6) is 5.75 Å². The summed E-state index contributed by atoms with van der Waals surface area (Å²) < 4.78 is 21.1. The van der Waals surface area contributed by atoms with E-state index in [-0.39, 0.29) is 0 Å². The lowest BCUT2D eigenvalue weighted by Gasteiger charge is -2.07. The maximum atomic E-state index is 12.1. The number of methoxy groups -OCH3 is 1. The van der Waals surface area contributed by atoms with E-state index in [4.69, 9.17) is 4.74 Å². The van der Waals surface area contributed by atoms with Gasteiger partial charge in [0.05, 0.1) is 16.8 Å². The molecule has 4 heteroatoms. The second kappa shape index (κ2) is 4.46. The average Bonchev–Trinajstić information content (AvgIpc) is 2.28. The van der Waals surface area contributed by atoms with Crippen molar-refractivity contribution in [2.75, 3.05) is 19.9 Å². The molecule has 0 N–H and O–H groups in total. The van der Waals surface area contributed by atoms with Gasteiger partial charge < -0.3 is 4.74 Å². The molecule has 3 nitrogen and oxygen atoms in total. The van der Waals surface area contributed by atoms with Crippen molar-refractivity contribution in [1.82, 2.24) is 0 Å². The van der Waals surface area contributed by atoms with E-state index in [1.807, 2.05) is 6.92 Å². The van der Waals surface area contributed by atoms with E-state index < -0.39 is 9.73 Å². The molecule has 1 aromatic rings. The summed E-state index contributed by atoms with van der Waals surface area (Å²) in [6.45, 7) is 1.87. The topological polar surface area (TPSA) is 38.7 Å². The van der Waals surface area contributed by atoms with E-state index in [0.717, 1.165) is 10.6 Å². The van der Waals surface area contributed by atoms with Crippen LogP contribution in [-0.2, 0) is 9.73 Å². The summed E-state index contributed by atoms with van der Waals surface area (Å²) >= 11 is 0. The Morgan fingerprint density at radius 2 is 1.93 bits per heavy atom. The van der Waals surface area contributed by atoms with Crippen molar-refractivity contribution >= 4 is 9.73 Å². The van der Waals surface area contributed by atoms with Crippen molar-refractivity contribution in [2.24, 2.45) is 4.36 Å². The largest absolute Gasteiger partial charge is 0.497 e. The predicted molar refractivity (Wildman–Crippen MR) is 58.3 cm³/mol. The lowest BCUT2D eigenvalue weighted by atomic mass is 10.3. The minimum absolute atomic E-state index is 0.538. The van der Waals surface area contributed by atoms with Gasteiger partial charge in [0.2, 0.25) is 0 Å². The molecule has 0 aliphatic carbocycles. The molecule has 0 bridgehead atoms. The van der Waals surface area contributed by atoms with Crippen LogP contribution in [0.2, 0.25) is 0 Å². The zero-order valence-electron chi connectivity index (χ0n) is 8.69. The van der Waals surface area contributed by atoms with Gasteiger partial charge in [-0.15, -0.1) is 0 Å². The van der Waals surface area contributed by atoms with Crippen LogP contribution >= 0.6 is 0 Å². The molecule has 0 spiro atoms. The molecule has 0 heterocycles. The Balaban J connectivity index is 3.15. The van der Waals surface area contributed by atoms with Crippen LogP contribution in [-0.4, -0.2) is 24.1 Å². The summed E-state index contributed by atoms with van der Waals surface area (Å²) in [5.41, 5.74) is 0. The molecule has 78 valence electrons. The lowest BCUT2D eigenvalue weighted by molar-refractivity contribution is 0.414. The van der Waals surface area contributed by atoms with E-state index in [1.165, 1.54) is 0 Å². The maximum Gasteiger partial charge on any atom is 0.118 e. The zero-order valence-corrected chi connectivity index (χ0v) is 9.50. The van der Waals surface area contributed by atoms with E-state index in [2.05, 4.69) is 4.36 Å². The number of benzene rings is 1. The summed E-state index contributed by atoms with van der Waals surface area (Å²) in [7, 11) is 1.00. The first kappa shape index (κ1) is 11.0. The van der Waals surface area contributed by atoms with Gasteiger partial charge in [0.25, 0.3) is 0 Å². The Morgan fingerprint density at radius 1 is 1.36 bits per heavy atom. The maximum absolute atomic E-state index is 12.1. The SMILES string of the molecule is CCS(=O)(=NC)c1ccc(OC)cc1. The van der Waals surface area contributed by atoms with Gasteiger partial charge in [-0.1, -0.05) is 6.92 Å². The highest BCUT2D eigenvalue weighted by Crippen LogP contribution is 2.17. The van der Waals surface area contributed by atoms with Crippen LogP contribution in [0.25, 0.3) is 0 Å². The van der Waals surface area contributed by atoms with Gasteiger partial charge in [0, 0.05) is 17.7 Å². The molecule has 1 rings (SSSR count). The Labute approximate surface area is 85.3 Å². The number of nitrogens with zero attached hydrogens (tertiary/aromatic N) is 1. The minimum atomic E-state index is -2.20. The second-order valence-electron chi connectivity index (χ2n) is 2.79. The van der Waals surface area contributed by atoms with Crippen molar-refractivity contribution in [2.45, 2.75) is 11.8 Å². The average molecular weight is 213 g/mol. The Hall–Kier alpha value is -1.03. The quantitative estimate of drug-likeness (QED) is 0.772. The van der Waals surface area contributed by atoms with Crippen molar-refractivity contribution in [3.63, 3.8) is 0 Å². The van der Waals surface area contributed by atoms with Gasteiger partial charge in [-0.25, -0.2) is 8.57 Å². The molecule has 0 aliphatic heterocycles. The highest BCUT2D eigenvalue weighted by Gasteiger charge is 2.08. The first-order valence-electron chi connectivity index (χ1n) is 4.43. The summed E-state index contributed by atoms with van der Waals surface area (Å²) in [4.78, 5) is 0.767. The highest BCUT2D eigenvalue weighted by atomic mass is 32.2. The molecule has 1 aromatic carbocycles. The van der Waals surface area contributed by atoms with E-state index in [1.54, 1.807) is 38.4 Å². The van der Waals surface area contributed by atoms with Crippen LogP contribution in [0.1, 0.15) is 6.92 Å². The van der Waals surface area contributed by atoms with Crippen LogP contribution in [0.15, 0.2) is 33.5 Å². The molecule has 0 aromatic heterocycles. The fourth-order valence-electron chi connectivity index (χ4n) is 1.19. The summed E-state index contributed by atoms with van der Waals surface area (Å²) in [6.07, 6.45) is 0.